The molecule has 2 aromatic heterocycles. The summed E-state index contributed by atoms with van der Waals surface area (Å²) in [5, 5.41) is 7.66. The van der Waals surface area contributed by atoms with Gasteiger partial charge in [-0.25, -0.2) is 4.98 Å². The van der Waals surface area contributed by atoms with E-state index in [0.29, 0.717) is 18.8 Å². The highest BCUT2D eigenvalue weighted by molar-refractivity contribution is 5.90. The van der Waals surface area contributed by atoms with Crippen LogP contribution < -0.4 is 11.1 Å². The quantitative estimate of drug-likeness (QED) is 0.807. The molecule has 1 aliphatic heterocycles. The third-order valence-electron chi connectivity index (χ3n) is 4.99. The summed E-state index contributed by atoms with van der Waals surface area (Å²) < 4.78 is 1.84. The van der Waals surface area contributed by atoms with Crippen LogP contribution in [-0.4, -0.2) is 50.1 Å². The monoisotopic (exact) mass is 357 g/mol. The van der Waals surface area contributed by atoms with Crippen LogP contribution in [0.5, 0.6) is 0 Å². The van der Waals surface area contributed by atoms with Gasteiger partial charge in [0.15, 0.2) is 0 Å². The number of aryl methyl sites for hydroxylation is 2. The minimum absolute atomic E-state index is 0.0492. The number of likely N-dealkylation sites (tertiary alicyclic amines) is 1. The van der Waals surface area contributed by atoms with Crippen molar-refractivity contribution in [2.75, 3.05) is 18.9 Å². The Hall–Kier alpha value is -2.97. The summed E-state index contributed by atoms with van der Waals surface area (Å²) in [6.45, 7) is 4.49. The summed E-state index contributed by atoms with van der Waals surface area (Å²) in [5.41, 5.74) is 8.41. The van der Waals surface area contributed by atoms with Crippen molar-refractivity contribution < 1.29 is 9.59 Å². The van der Waals surface area contributed by atoms with E-state index in [9.17, 15) is 9.59 Å². The summed E-state index contributed by atoms with van der Waals surface area (Å²) in [5.74, 6) is -0.0207. The topological polar surface area (TPSA) is 119 Å². The molecule has 0 spiro atoms. The van der Waals surface area contributed by atoms with E-state index in [1.54, 1.807) is 4.90 Å². The van der Waals surface area contributed by atoms with Gasteiger partial charge < -0.3 is 16.0 Å². The van der Waals surface area contributed by atoms with E-state index in [2.05, 4.69) is 20.4 Å². The number of rotatable bonds is 5. The highest BCUT2D eigenvalue weighted by atomic mass is 16.2. The molecule has 0 bridgehead atoms. The molecule has 0 unspecified atom stereocenters. The largest absolute Gasteiger partial charge is 0.368 e. The lowest BCUT2D eigenvalue weighted by Crippen LogP contribution is -2.27. The number of nitrogens with one attached hydrogen (secondary N) is 1. The predicted octanol–water partition coefficient (Wildman–Crippen LogP) is 0.557. The van der Waals surface area contributed by atoms with E-state index in [-0.39, 0.29) is 23.6 Å². The summed E-state index contributed by atoms with van der Waals surface area (Å²) in [6.07, 6.45) is 3.29. The second-order valence-corrected chi connectivity index (χ2v) is 6.66. The van der Waals surface area contributed by atoms with Crippen molar-refractivity contribution in [1.29, 1.82) is 0 Å². The average molecular weight is 357 g/mol. The summed E-state index contributed by atoms with van der Waals surface area (Å²) in [6, 6.07) is -0.0593. The number of anilines is 1. The molecule has 2 amide bonds. The Morgan fingerprint density at radius 1 is 1.35 bits per heavy atom. The highest BCUT2D eigenvalue weighted by Gasteiger charge is 2.40. The zero-order valence-electron chi connectivity index (χ0n) is 15.4. The van der Waals surface area contributed by atoms with Crippen molar-refractivity contribution in [3.8, 4) is 0 Å². The van der Waals surface area contributed by atoms with Crippen LogP contribution in [0.25, 0.3) is 0 Å². The van der Waals surface area contributed by atoms with Gasteiger partial charge in [0.05, 0.1) is 24.1 Å². The van der Waals surface area contributed by atoms with Crippen molar-refractivity contribution in [2.45, 2.75) is 26.3 Å². The normalized spacial score (nSPS) is 19.8. The SMILES string of the molecule is Cc1nn(C)c(C)c1[C@H]1[C@H](CNc2cncc(C(N)=O)n2)CC(=O)N1C. The van der Waals surface area contributed by atoms with Gasteiger partial charge in [-0.3, -0.25) is 19.3 Å². The molecule has 1 saturated heterocycles. The van der Waals surface area contributed by atoms with Crippen molar-refractivity contribution in [3.05, 3.63) is 35.0 Å². The van der Waals surface area contributed by atoms with Gasteiger partial charge in [-0.1, -0.05) is 0 Å². The zero-order chi connectivity index (χ0) is 19.0. The lowest BCUT2D eigenvalue weighted by molar-refractivity contribution is -0.127. The summed E-state index contributed by atoms with van der Waals surface area (Å²) >= 11 is 0. The molecule has 9 heteroatoms. The molecule has 0 saturated carbocycles. The van der Waals surface area contributed by atoms with Crippen LogP contribution in [-0.2, 0) is 11.8 Å². The standard InChI is InChI=1S/C17H23N7O2/c1-9-15(10(2)24(4)22-9)16-11(5-14(25)23(16)3)6-20-13-8-19-7-12(21-13)17(18)26/h7-8,11,16H,5-6H2,1-4H3,(H2,18,26)(H,20,21)/t11-,16+/m0/s1. The molecule has 0 radical (unpaired) electrons. The van der Waals surface area contributed by atoms with Crippen LogP contribution in [0.2, 0.25) is 0 Å². The Morgan fingerprint density at radius 3 is 2.69 bits per heavy atom. The van der Waals surface area contributed by atoms with Gasteiger partial charge in [0, 0.05) is 44.2 Å². The molecule has 1 fully saturated rings. The van der Waals surface area contributed by atoms with Crippen molar-refractivity contribution >= 4 is 17.6 Å². The van der Waals surface area contributed by atoms with Crippen LogP contribution >= 0.6 is 0 Å². The summed E-state index contributed by atoms with van der Waals surface area (Å²) in [4.78, 5) is 33.5. The zero-order valence-corrected chi connectivity index (χ0v) is 15.4. The number of carbonyl (C=O) groups is 2. The molecule has 26 heavy (non-hydrogen) atoms. The number of nitrogens with two attached hydrogens (primary N) is 1. The van der Waals surface area contributed by atoms with Gasteiger partial charge in [-0.2, -0.15) is 5.10 Å². The molecule has 0 aliphatic carbocycles. The lowest BCUT2D eigenvalue weighted by atomic mass is 9.92. The summed E-state index contributed by atoms with van der Waals surface area (Å²) in [7, 11) is 3.73. The fourth-order valence-corrected chi connectivity index (χ4v) is 3.59. The first kappa shape index (κ1) is 17.8. The number of hydrogen-bond donors (Lipinski definition) is 2. The maximum atomic E-state index is 12.3. The molecule has 1 aliphatic rings. The molecule has 0 aromatic carbocycles. The molecule has 3 heterocycles. The smallest absolute Gasteiger partial charge is 0.268 e. The van der Waals surface area contributed by atoms with Crippen molar-refractivity contribution in [3.63, 3.8) is 0 Å². The first-order chi connectivity index (χ1) is 12.3. The lowest BCUT2D eigenvalue weighted by Gasteiger charge is -2.26. The third-order valence-corrected chi connectivity index (χ3v) is 4.99. The maximum absolute atomic E-state index is 12.3. The van der Waals surface area contributed by atoms with Gasteiger partial charge >= 0.3 is 0 Å². The van der Waals surface area contributed by atoms with Gasteiger partial charge in [0.1, 0.15) is 11.5 Å². The van der Waals surface area contributed by atoms with Crippen LogP contribution in [0.15, 0.2) is 12.4 Å². The van der Waals surface area contributed by atoms with Gasteiger partial charge in [-0.15, -0.1) is 0 Å². The Kier molecular flexibility index (Phi) is 4.62. The Bertz CT molecular complexity index is 861. The first-order valence-electron chi connectivity index (χ1n) is 8.41. The number of aromatic nitrogens is 4. The van der Waals surface area contributed by atoms with Crippen molar-refractivity contribution in [1.82, 2.24) is 24.6 Å². The van der Waals surface area contributed by atoms with E-state index in [4.69, 9.17) is 5.73 Å². The molecule has 2 atom stereocenters. The second-order valence-electron chi connectivity index (χ2n) is 6.66. The fraction of sp³-hybridized carbons (Fsp3) is 0.471. The molecule has 9 nitrogen and oxygen atoms in total. The van der Waals surface area contributed by atoms with Gasteiger partial charge in [-0.05, 0) is 13.8 Å². The van der Waals surface area contributed by atoms with E-state index < -0.39 is 5.91 Å². The molecule has 2 aromatic rings. The highest BCUT2D eigenvalue weighted by Crippen LogP contribution is 2.39. The second kappa shape index (κ2) is 6.74. The van der Waals surface area contributed by atoms with Gasteiger partial charge in [0.25, 0.3) is 5.91 Å². The van der Waals surface area contributed by atoms with E-state index in [1.165, 1.54) is 12.4 Å². The molecule has 138 valence electrons. The van der Waals surface area contributed by atoms with Crippen molar-refractivity contribution in [2.24, 2.45) is 18.7 Å². The van der Waals surface area contributed by atoms with Gasteiger partial charge in [0.2, 0.25) is 5.91 Å². The predicted molar refractivity (Wildman–Crippen MR) is 95.3 cm³/mol. The number of carbonyl (C=O) groups excluding carboxylic acids is 2. The third kappa shape index (κ3) is 3.12. The Labute approximate surface area is 151 Å². The molecular formula is C17H23N7O2. The van der Waals surface area contributed by atoms with E-state index in [0.717, 1.165) is 17.0 Å². The fourth-order valence-electron chi connectivity index (χ4n) is 3.59. The van der Waals surface area contributed by atoms with Crippen LogP contribution in [0.3, 0.4) is 0 Å². The van der Waals surface area contributed by atoms with Crippen LogP contribution in [0.1, 0.15) is 39.9 Å². The number of primary amides is 1. The van der Waals surface area contributed by atoms with Crippen LogP contribution in [0, 0.1) is 19.8 Å². The number of nitrogens with zero attached hydrogens (tertiary/aromatic N) is 5. The number of hydrogen-bond acceptors (Lipinski definition) is 6. The maximum Gasteiger partial charge on any atom is 0.268 e. The van der Waals surface area contributed by atoms with Crippen LogP contribution in [0.4, 0.5) is 5.82 Å². The van der Waals surface area contributed by atoms with E-state index in [1.807, 2.05) is 32.6 Å². The Balaban J connectivity index is 1.83. The minimum Gasteiger partial charge on any atom is -0.368 e. The first-order valence-corrected chi connectivity index (χ1v) is 8.41. The molecule has 3 rings (SSSR count). The minimum atomic E-state index is -0.628. The number of amides is 2. The molecule has 3 N–H and O–H groups in total. The average Bonchev–Trinajstić information content (AvgIpc) is 3.01. The van der Waals surface area contributed by atoms with E-state index >= 15 is 0 Å². The molecular weight excluding hydrogens is 334 g/mol. The Morgan fingerprint density at radius 2 is 2.08 bits per heavy atom.